The van der Waals surface area contributed by atoms with Crippen LogP contribution in [0.5, 0.6) is 0 Å². The van der Waals surface area contributed by atoms with Gasteiger partial charge in [0.1, 0.15) is 10.7 Å². The third kappa shape index (κ3) is 3.99. The van der Waals surface area contributed by atoms with Gasteiger partial charge >= 0.3 is 0 Å². The van der Waals surface area contributed by atoms with E-state index in [1.807, 2.05) is 6.07 Å². The smallest absolute Gasteiger partial charge is 0.255 e. The van der Waals surface area contributed by atoms with Gasteiger partial charge in [-0.25, -0.2) is 17.9 Å². The van der Waals surface area contributed by atoms with E-state index in [9.17, 15) is 17.6 Å². The van der Waals surface area contributed by atoms with Gasteiger partial charge in [0.05, 0.1) is 0 Å². The van der Waals surface area contributed by atoms with E-state index >= 15 is 0 Å². The van der Waals surface area contributed by atoms with E-state index in [1.165, 1.54) is 6.07 Å². The molecule has 1 amide bonds. The standard InChI is InChI=1S/C13H10FIN2O3S/c14-11-7-10(4-5-12(11)21(16,19)20)17-13(18)8-2-1-3-9(15)6-8/h1-7H,(H,17,18)(H2,16,19,20). The largest absolute Gasteiger partial charge is 0.322 e. The number of halogens is 2. The molecule has 0 aromatic heterocycles. The highest BCUT2D eigenvalue weighted by atomic mass is 127. The maximum Gasteiger partial charge on any atom is 0.255 e. The monoisotopic (exact) mass is 420 g/mol. The molecule has 2 aromatic rings. The first kappa shape index (κ1) is 15.9. The lowest BCUT2D eigenvalue weighted by atomic mass is 10.2. The summed E-state index contributed by atoms with van der Waals surface area (Å²) in [6.45, 7) is 0. The van der Waals surface area contributed by atoms with Crippen LogP contribution in [0.2, 0.25) is 0 Å². The Hall–Kier alpha value is -1.52. The molecular weight excluding hydrogens is 410 g/mol. The van der Waals surface area contributed by atoms with Crippen LogP contribution >= 0.6 is 22.6 Å². The van der Waals surface area contributed by atoms with Gasteiger partial charge in [-0.3, -0.25) is 4.79 Å². The molecule has 21 heavy (non-hydrogen) atoms. The highest BCUT2D eigenvalue weighted by molar-refractivity contribution is 14.1. The molecule has 0 radical (unpaired) electrons. The second-order valence-electron chi connectivity index (χ2n) is 4.15. The summed E-state index contributed by atoms with van der Waals surface area (Å²) in [6.07, 6.45) is 0. The predicted octanol–water partition coefficient (Wildman–Crippen LogP) is 2.33. The summed E-state index contributed by atoms with van der Waals surface area (Å²) in [4.78, 5) is 11.4. The second kappa shape index (κ2) is 6.08. The zero-order valence-electron chi connectivity index (χ0n) is 10.5. The number of anilines is 1. The number of nitrogens with two attached hydrogens (primary N) is 1. The average molecular weight is 420 g/mol. The number of nitrogens with one attached hydrogen (secondary N) is 1. The Morgan fingerprint density at radius 3 is 2.48 bits per heavy atom. The van der Waals surface area contributed by atoms with Gasteiger partial charge < -0.3 is 5.32 Å². The Morgan fingerprint density at radius 1 is 1.19 bits per heavy atom. The molecule has 2 rings (SSSR count). The van der Waals surface area contributed by atoms with Crippen molar-refractivity contribution >= 4 is 44.2 Å². The fourth-order valence-electron chi connectivity index (χ4n) is 1.64. The molecule has 0 saturated heterocycles. The molecule has 110 valence electrons. The van der Waals surface area contributed by atoms with Crippen LogP contribution in [0.25, 0.3) is 0 Å². The second-order valence-corrected chi connectivity index (χ2v) is 6.93. The van der Waals surface area contributed by atoms with Gasteiger partial charge in [-0.1, -0.05) is 6.07 Å². The molecule has 2 aromatic carbocycles. The first-order chi connectivity index (χ1) is 9.77. The van der Waals surface area contributed by atoms with E-state index in [1.54, 1.807) is 18.2 Å². The summed E-state index contributed by atoms with van der Waals surface area (Å²) in [7, 11) is -4.13. The number of carbonyl (C=O) groups excluding carboxylic acids is 1. The number of rotatable bonds is 3. The van der Waals surface area contributed by atoms with Crippen molar-refractivity contribution in [2.45, 2.75) is 4.90 Å². The summed E-state index contributed by atoms with van der Waals surface area (Å²) in [5, 5.41) is 7.35. The third-order valence-corrected chi connectivity index (χ3v) is 4.20. The molecule has 0 saturated carbocycles. The molecule has 0 atom stereocenters. The lowest BCUT2D eigenvalue weighted by Gasteiger charge is -2.07. The van der Waals surface area contributed by atoms with Crippen LogP contribution in [0.3, 0.4) is 0 Å². The van der Waals surface area contributed by atoms with E-state index < -0.39 is 26.6 Å². The predicted molar refractivity (Wildman–Crippen MR) is 84.9 cm³/mol. The molecule has 3 N–H and O–H groups in total. The van der Waals surface area contributed by atoms with Gasteiger partial charge in [0.25, 0.3) is 5.91 Å². The Labute approximate surface area is 134 Å². The van der Waals surface area contributed by atoms with Crippen molar-refractivity contribution in [3.05, 3.63) is 57.4 Å². The third-order valence-electron chi connectivity index (χ3n) is 2.58. The van der Waals surface area contributed by atoms with Crippen LogP contribution in [0.1, 0.15) is 10.4 Å². The van der Waals surface area contributed by atoms with Crippen molar-refractivity contribution in [3.63, 3.8) is 0 Å². The van der Waals surface area contributed by atoms with Gasteiger partial charge in [-0.05, 0) is 59.0 Å². The van der Waals surface area contributed by atoms with Crippen molar-refractivity contribution in [2.24, 2.45) is 5.14 Å². The summed E-state index contributed by atoms with van der Waals surface area (Å²) >= 11 is 2.07. The highest BCUT2D eigenvalue weighted by Gasteiger charge is 2.15. The Balaban J connectivity index is 2.25. The van der Waals surface area contributed by atoms with Crippen LogP contribution in [-0.2, 0) is 10.0 Å². The van der Waals surface area contributed by atoms with Gasteiger partial charge in [0.15, 0.2) is 0 Å². The van der Waals surface area contributed by atoms with Gasteiger partial charge in [0.2, 0.25) is 10.0 Å². The quantitative estimate of drug-likeness (QED) is 0.748. The first-order valence-corrected chi connectivity index (χ1v) is 8.29. The number of carbonyl (C=O) groups is 1. The van der Waals surface area contributed by atoms with Crippen molar-refractivity contribution in [1.29, 1.82) is 0 Å². The maximum absolute atomic E-state index is 13.7. The molecule has 8 heteroatoms. The maximum atomic E-state index is 13.7. The molecule has 0 unspecified atom stereocenters. The molecule has 0 bridgehead atoms. The molecule has 0 aliphatic rings. The van der Waals surface area contributed by atoms with E-state index in [2.05, 4.69) is 27.9 Å². The van der Waals surface area contributed by atoms with E-state index in [4.69, 9.17) is 5.14 Å². The number of primary sulfonamides is 1. The lowest BCUT2D eigenvalue weighted by Crippen LogP contribution is -2.15. The fourth-order valence-corrected chi connectivity index (χ4v) is 2.77. The van der Waals surface area contributed by atoms with Crippen LogP contribution in [0.4, 0.5) is 10.1 Å². The number of hydrogen-bond donors (Lipinski definition) is 2. The zero-order chi connectivity index (χ0) is 15.6. The molecule has 0 spiro atoms. The summed E-state index contributed by atoms with van der Waals surface area (Å²) < 4.78 is 36.7. The minimum atomic E-state index is -4.13. The normalized spacial score (nSPS) is 11.2. The molecule has 0 aliphatic carbocycles. The Kier molecular flexibility index (Phi) is 4.59. The summed E-state index contributed by atoms with van der Waals surface area (Å²) in [6, 6.07) is 10.0. The fraction of sp³-hybridized carbons (Fsp3) is 0. The number of amides is 1. The van der Waals surface area contributed by atoms with E-state index in [0.717, 1.165) is 15.7 Å². The SMILES string of the molecule is NS(=O)(=O)c1ccc(NC(=O)c2cccc(I)c2)cc1F. The molecule has 0 fully saturated rings. The minimum absolute atomic E-state index is 0.142. The molecule has 0 heterocycles. The Bertz CT molecular complexity index is 809. The summed E-state index contributed by atoms with van der Waals surface area (Å²) in [5.74, 6) is -1.44. The lowest BCUT2D eigenvalue weighted by molar-refractivity contribution is 0.102. The number of sulfonamides is 1. The van der Waals surface area contributed by atoms with Gasteiger partial charge in [-0.2, -0.15) is 0 Å². The number of benzene rings is 2. The van der Waals surface area contributed by atoms with Crippen LogP contribution in [0.15, 0.2) is 47.4 Å². The van der Waals surface area contributed by atoms with Gasteiger partial charge in [0, 0.05) is 14.8 Å². The van der Waals surface area contributed by atoms with Crippen molar-refractivity contribution < 1.29 is 17.6 Å². The number of hydrogen-bond acceptors (Lipinski definition) is 3. The first-order valence-electron chi connectivity index (χ1n) is 5.66. The van der Waals surface area contributed by atoms with Crippen molar-refractivity contribution in [2.75, 3.05) is 5.32 Å². The summed E-state index contributed by atoms with van der Waals surface area (Å²) in [5.41, 5.74) is 0.557. The Morgan fingerprint density at radius 2 is 1.90 bits per heavy atom. The van der Waals surface area contributed by atoms with E-state index in [-0.39, 0.29) is 5.69 Å². The molecular formula is C13H10FIN2O3S. The highest BCUT2D eigenvalue weighted by Crippen LogP contribution is 2.18. The van der Waals surface area contributed by atoms with Crippen molar-refractivity contribution in [3.8, 4) is 0 Å². The zero-order valence-corrected chi connectivity index (χ0v) is 13.5. The van der Waals surface area contributed by atoms with E-state index in [0.29, 0.717) is 5.56 Å². The topological polar surface area (TPSA) is 89.3 Å². The minimum Gasteiger partial charge on any atom is -0.322 e. The molecule has 0 aliphatic heterocycles. The van der Waals surface area contributed by atoms with Crippen molar-refractivity contribution in [1.82, 2.24) is 0 Å². The van der Waals surface area contributed by atoms with Gasteiger partial charge in [-0.15, -0.1) is 0 Å². The molecule has 5 nitrogen and oxygen atoms in total. The van der Waals surface area contributed by atoms with Crippen LogP contribution in [0, 0.1) is 9.39 Å². The average Bonchev–Trinajstić information content (AvgIpc) is 2.37. The van der Waals surface area contributed by atoms with Crippen LogP contribution < -0.4 is 10.5 Å². The van der Waals surface area contributed by atoms with Crippen LogP contribution in [-0.4, -0.2) is 14.3 Å².